The molecule has 1 rings (SSSR count). The van der Waals surface area contributed by atoms with Gasteiger partial charge in [0, 0.05) is 11.8 Å². The van der Waals surface area contributed by atoms with E-state index in [1.807, 2.05) is 6.08 Å². The van der Waals surface area contributed by atoms with Crippen LogP contribution in [-0.4, -0.2) is 5.84 Å². The Kier molecular flexibility index (Phi) is 1.49. The molecule has 0 radical (unpaired) electrons. The smallest absolute Gasteiger partial charge is 0.136 e. The Morgan fingerprint density at radius 1 is 1.67 bits per heavy atom. The van der Waals surface area contributed by atoms with E-state index in [0.29, 0.717) is 0 Å². The minimum atomic E-state index is 0.782. The molecule has 0 aromatic rings. The van der Waals surface area contributed by atoms with Crippen molar-refractivity contribution in [2.24, 2.45) is 4.99 Å². The molecule has 9 heavy (non-hydrogen) atoms. The molecule has 46 valence electrons. The van der Waals surface area contributed by atoms with Gasteiger partial charge in [-0.15, -0.1) is 0 Å². The van der Waals surface area contributed by atoms with Crippen molar-refractivity contribution in [3.8, 4) is 0 Å². The third-order valence-corrected chi connectivity index (χ3v) is 1.02. The molecule has 0 amide bonds. The summed E-state index contributed by atoms with van der Waals surface area (Å²) in [5.74, 6) is 0.782. The fraction of sp³-hybridized carbons (Fsp3) is 0. The van der Waals surface area contributed by atoms with Crippen molar-refractivity contribution in [1.82, 2.24) is 5.32 Å². The largest absolute Gasteiger partial charge is 0.347 e. The van der Waals surface area contributed by atoms with Crippen LogP contribution in [0.15, 0.2) is 42.2 Å². The van der Waals surface area contributed by atoms with Crippen LogP contribution in [0.1, 0.15) is 0 Å². The number of rotatable bonds is 1. The highest BCUT2D eigenvalue weighted by molar-refractivity contribution is 6.02. The number of aliphatic imine (C=N–C) groups is 1. The van der Waals surface area contributed by atoms with Crippen molar-refractivity contribution in [2.45, 2.75) is 0 Å². The molecule has 0 bridgehead atoms. The minimum absolute atomic E-state index is 0.782. The van der Waals surface area contributed by atoms with Crippen molar-refractivity contribution in [2.75, 3.05) is 0 Å². The maximum Gasteiger partial charge on any atom is 0.136 e. The average Bonchev–Trinajstić information content (AvgIpc) is 2.18. The topological polar surface area (TPSA) is 24.4 Å². The SMILES string of the molecule is C=CNC1=NC=CC1=C. The van der Waals surface area contributed by atoms with Crippen molar-refractivity contribution in [1.29, 1.82) is 0 Å². The van der Waals surface area contributed by atoms with Gasteiger partial charge in [-0.25, -0.2) is 4.99 Å². The summed E-state index contributed by atoms with van der Waals surface area (Å²) in [6, 6.07) is 0. The standard InChI is InChI=1S/C7H8N2/c1-3-8-7-6(2)4-5-9-7/h3-5H,1-2H2,(H,8,9). The Morgan fingerprint density at radius 2 is 2.44 bits per heavy atom. The molecule has 0 aromatic heterocycles. The Balaban J connectivity index is 2.64. The van der Waals surface area contributed by atoms with Crippen LogP contribution in [0.25, 0.3) is 0 Å². The van der Waals surface area contributed by atoms with Crippen LogP contribution in [0.4, 0.5) is 0 Å². The summed E-state index contributed by atoms with van der Waals surface area (Å²) in [7, 11) is 0. The zero-order valence-electron chi connectivity index (χ0n) is 5.09. The normalized spacial score (nSPS) is 15.6. The number of amidine groups is 1. The average molecular weight is 120 g/mol. The third-order valence-electron chi connectivity index (χ3n) is 1.02. The van der Waals surface area contributed by atoms with Gasteiger partial charge in [0.2, 0.25) is 0 Å². The van der Waals surface area contributed by atoms with Gasteiger partial charge in [-0.3, -0.25) is 0 Å². The van der Waals surface area contributed by atoms with Crippen LogP contribution in [0.5, 0.6) is 0 Å². The Hall–Kier alpha value is -1.31. The van der Waals surface area contributed by atoms with Gasteiger partial charge >= 0.3 is 0 Å². The van der Waals surface area contributed by atoms with E-state index < -0.39 is 0 Å². The summed E-state index contributed by atoms with van der Waals surface area (Å²) in [6.07, 6.45) is 5.12. The quantitative estimate of drug-likeness (QED) is 0.552. The molecule has 0 saturated carbocycles. The van der Waals surface area contributed by atoms with Crippen molar-refractivity contribution >= 4 is 5.84 Å². The summed E-state index contributed by atoms with van der Waals surface area (Å²) in [6.45, 7) is 7.22. The van der Waals surface area contributed by atoms with E-state index in [0.717, 1.165) is 11.4 Å². The Labute approximate surface area is 54.3 Å². The summed E-state index contributed by atoms with van der Waals surface area (Å²) in [4.78, 5) is 3.96. The summed E-state index contributed by atoms with van der Waals surface area (Å²) >= 11 is 0. The Morgan fingerprint density at radius 3 is 2.89 bits per heavy atom. The third kappa shape index (κ3) is 1.08. The molecule has 2 nitrogen and oxygen atoms in total. The van der Waals surface area contributed by atoms with E-state index in [1.165, 1.54) is 0 Å². The maximum absolute atomic E-state index is 3.96. The number of hydrogen-bond acceptors (Lipinski definition) is 2. The highest BCUT2D eigenvalue weighted by atomic mass is 15.0. The summed E-state index contributed by atoms with van der Waals surface area (Å²) < 4.78 is 0. The lowest BCUT2D eigenvalue weighted by molar-refractivity contribution is 1.28. The van der Waals surface area contributed by atoms with E-state index >= 15 is 0 Å². The molecule has 1 aliphatic rings. The highest BCUT2D eigenvalue weighted by Gasteiger charge is 2.01. The highest BCUT2D eigenvalue weighted by Crippen LogP contribution is 2.02. The second kappa shape index (κ2) is 2.31. The maximum atomic E-state index is 3.96. The molecule has 0 unspecified atom stereocenters. The van der Waals surface area contributed by atoms with Gasteiger partial charge in [-0.1, -0.05) is 13.2 Å². The van der Waals surface area contributed by atoms with Gasteiger partial charge in [0.15, 0.2) is 0 Å². The van der Waals surface area contributed by atoms with Crippen molar-refractivity contribution in [3.63, 3.8) is 0 Å². The van der Waals surface area contributed by atoms with E-state index in [4.69, 9.17) is 0 Å². The molecule has 2 heteroatoms. The summed E-state index contributed by atoms with van der Waals surface area (Å²) in [5, 5.41) is 2.85. The second-order valence-electron chi connectivity index (χ2n) is 1.67. The van der Waals surface area contributed by atoms with Crippen LogP contribution in [0.3, 0.4) is 0 Å². The molecule has 0 aliphatic carbocycles. The van der Waals surface area contributed by atoms with Gasteiger partial charge in [0.25, 0.3) is 0 Å². The number of nitrogens with one attached hydrogen (secondary N) is 1. The molecular formula is C7H8N2. The van der Waals surface area contributed by atoms with Crippen molar-refractivity contribution < 1.29 is 0 Å². The van der Waals surface area contributed by atoms with Gasteiger partial charge < -0.3 is 5.32 Å². The van der Waals surface area contributed by atoms with Crippen LogP contribution >= 0.6 is 0 Å². The number of hydrogen-bond donors (Lipinski definition) is 1. The molecule has 1 N–H and O–H groups in total. The van der Waals surface area contributed by atoms with Crippen LogP contribution in [0.2, 0.25) is 0 Å². The first kappa shape index (κ1) is 5.82. The van der Waals surface area contributed by atoms with Gasteiger partial charge in [0.1, 0.15) is 5.84 Å². The van der Waals surface area contributed by atoms with E-state index in [1.54, 1.807) is 12.4 Å². The molecule has 0 spiro atoms. The molecule has 0 fully saturated rings. The summed E-state index contributed by atoms with van der Waals surface area (Å²) in [5.41, 5.74) is 0.898. The Bertz CT molecular complexity index is 199. The monoisotopic (exact) mass is 120 g/mol. The molecular weight excluding hydrogens is 112 g/mol. The lowest BCUT2D eigenvalue weighted by Crippen LogP contribution is -2.15. The molecule has 1 heterocycles. The minimum Gasteiger partial charge on any atom is -0.347 e. The first-order valence-corrected chi connectivity index (χ1v) is 2.65. The van der Waals surface area contributed by atoms with Crippen molar-refractivity contribution in [3.05, 3.63) is 37.2 Å². The molecule has 0 atom stereocenters. The molecule has 0 aromatic carbocycles. The fourth-order valence-corrected chi connectivity index (χ4v) is 0.590. The van der Waals surface area contributed by atoms with Crippen LogP contribution in [-0.2, 0) is 0 Å². The van der Waals surface area contributed by atoms with E-state index in [2.05, 4.69) is 23.5 Å². The van der Waals surface area contributed by atoms with Crippen LogP contribution in [0, 0.1) is 0 Å². The second-order valence-corrected chi connectivity index (χ2v) is 1.67. The first-order valence-electron chi connectivity index (χ1n) is 2.65. The van der Waals surface area contributed by atoms with Crippen LogP contribution < -0.4 is 5.32 Å². The van der Waals surface area contributed by atoms with Gasteiger partial charge in [0.05, 0.1) is 0 Å². The van der Waals surface area contributed by atoms with Gasteiger partial charge in [-0.2, -0.15) is 0 Å². The first-order chi connectivity index (χ1) is 4.34. The number of nitrogens with zero attached hydrogens (tertiary/aromatic N) is 1. The predicted octanol–water partition coefficient (Wildman–Crippen LogP) is 1.20. The van der Waals surface area contributed by atoms with Gasteiger partial charge in [-0.05, 0) is 12.3 Å². The zero-order chi connectivity index (χ0) is 6.69. The molecule has 0 saturated heterocycles. The lowest BCUT2D eigenvalue weighted by atomic mass is 10.3. The predicted molar refractivity (Wildman–Crippen MR) is 39.0 cm³/mol. The fourth-order valence-electron chi connectivity index (χ4n) is 0.590. The zero-order valence-corrected chi connectivity index (χ0v) is 5.09. The lowest BCUT2D eigenvalue weighted by Gasteiger charge is -1.97. The molecule has 1 aliphatic heterocycles. The van der Waals surface area contributed by atoms with E-state index in [-0.39, 0.29) is 0 Å². The van der Waals surface area contributed by atoms with E-state index in [9.17, 15) is 0 Å².